The van der Waals surface area contributed by atoms with E-state index in [-0.39, 0.29) is 11.4 Å². The van der Waals surface area contributed by atoms with Crippen molar-refractivity contribution in [3.63, 3.8) is 0 Å². The van der Waals surface area contributed by atoms with Crippen molar-refractivity contribution in [2.45, 2.75) is 32.4 Å². The normalized spacial score (nSPS) is 24.8. The van der Waals surface area contributed by atoms with Crippen molar-refractivity contribution >= 4 is 5.91 Å². The number of carbonyl (C=O) groups is 1. The van der Waals surface area contributed by atoms with E-state index in [0.717, 1.165) is 26.1 Å². The highest BCUT2D eigenvalue weighted by Crippen LogP contribution is 2.22. The predicted molar refractivity (Wildman–Crippen MR) is 68.6 cm³/mol. The number of hydrogen-bond donors (Lipinski definition) is 1. The maximum atomic E-state index is 11.1. The van der Waals surface area contributed by atoms with E-state index in [1.807, 2.05) is 6.07 Å². The Morgan fingerprint density at radius 2 is 2.12 bits per heavy atom. The Kier molecular flexibility index (Phi) is 3.48. The van der Waals surface area contributed by atoms with Crippen molar-refractivity contribution in [1.29, 1.82) is 0 Å². The fourth-order valence-electron chi connectivity index (χ4n) is 2.56. The average Bonchev–Trinajstić information content (AvgIpc) is 2.60. The first-order valence-corrected chi connectivity index (χ1v) is 6.12. The van der Waals surface area contributed by atoms with Crippen LogP contribution in [0.5, 0.6) is 0 Å². The Balaban J connectivity index is 1.92. The molecule has 3 nitrogen and oxygen atoms in total. The van der Waals surface area contributed by atoms with Crippen LogP contribution in [0.4, 0.5) is 0 Å². The monoisotopic (exact) mass is 232 g/mol. The van der Waals surface area contributed by atoms with Gasteiger partial charge in [-0.05, 0) is 18.9 Å². The van der Waals surface area contributed by atoms with Crippen molar-refractivity contribution in [3.05, 3.63) is 35.9 Å². The molecule has 1 amide bonds. The molecule has 1 N–H and O–H groups in total. The third-order valence-corrected chi connectivity index (χ3v) is 3.28. The molecule has 1 fully saturated rings. The summed E-state index contributed by atoms with van der Waals surface area (Å²) in [6.07, 6.45) is 1.03. The van der Waals surface area contributed by atoms with Gasteiger partial charge in [-0.25, -0.2) is 0 Å². The Hall–Kier alpha value is -1.35. The molecule has 1 aromatic carbocycles. The summed E-state index contributed by atoms with van der Waals surface area (Å²) >= 11 is 0. The lowest BCUT2D eigenvalue weighted by Gasteiger charge is -2.25. The van der Waals surface area contributed by atoms with Crippen LogP contribution < -0.4 is 5.32 Å². The van der Waals surface area contributed by atoms with Crippen LogP contribution in [0.25, 0.3) is 0 Å². The summed E-state index contributed by atoms with van der Waals surface area (Å²) in [5.74, 6) is 0.0639. The van der Waals surface area contributed by atoms with Crippen LogP contribution in [0.1, 0.15) is 25.8 Å². The number of rotatable bonds is 3. The van der Waals surface area contributed by atoms with E-state index < -0.39 is 0 Å². The lowest BCUT2D eigenvalue weighted by Crippen LogP contribution is -2.46. The van der Waals surface area contributed by atoms with E-state index in [2.05, 4.69) is 41.4 Å². The van der Waals surface area contributed by atoms with Gasteiger partial charge in [0.15, 0.2) is 0 Å². The number of benzene rings is 1. The zero-order valence-electron chi connectivity index (χ0n) is 10.6. The van der Waals surface area contributed by atoms with Crippen LogP contribution in [0.2, 0.25) is 0 Å². The van der Waals surface area contributed by atoms with Crippen molar-refractivity contribution in [2.75, 3.05) is 13.1 Å². The molecular weight excluding hydrogens is 212 g/mol. The van der Waals surface area contributed by atoms with Crippen LogP contribution >= 0.6 is 0 Å². The second-order valence-electron chi connectivity index (χ2n) is 5.19. The number of likely N-dealkylation sites (tertiary alicyclic amines) is 1. The van der Waals surface area contributed by atoms with Gasteiger partial charge in [0.25, 0.3) is 0 Å². The smallest absolute Gasteiger partial charge is 0.217 e. The Labute approximate surface area is 103 Å². The van der Waals surface area contributed by atoms with Gasteiger partial charge in [0.05, 0.1) is 5.54 Å². The highest BCUT2D eigenvalue weighted by atomic mass is 16.1. The number of amides is 1. The van der Waals surface area contributed by atoms with Gasteiger partial charge in [0.2, 0.25) is 5.91 Å². The second-order valence-corrected chi connectivity index (χ2v) is 5.19. The molecule has 0 radical (unpaired) electrons. The zero-order chi connectivity index (χ0) is 12.3. The summed E-state index contributed by atoms with van der Waals surface area (Å²) in [5, 5.41) is 3.05. The Morgan fingerprint density at radius 3 is 2.76 bits per heavy atom. The molecule has 17 heavy (non-hydrogen) atoms. The van der Waals surface area contributed by atoms with Crippen LogP contribution in [0, 0.1) is 0 Å². The van der Waals surface area contributed by atoms with Crippen molar-refractivity contribution in [3.8, 4) is 0 Å². The van der Waals surface area contributed by atoms with E-state index in [9.17, 15) is 4.79 Å². The lowest BCUT2D eigenvalue weighted by atomic mass is 10.0. The molecule has 1 aromatic rings. The molecule has 0 aliphatic carbocycles. The van der Waals surface area contributed by atoms with E-state index in [1.165, 1.54) is 5.56 Å². The maximum absolute atomic E-state index is 11.1. The summed E-state index contributed by atoms with van der Waals surface area (Å²) in [5.41, 5.74) is 1.28. The van der Waals surface area contributed by atoms with E-state index in [1.54, 1.807) is 6.92 Å². The van der Waals surface area contributed by atoms with Gasteiger partial charge in [-0.3, -0.25) is 9.69 Å². The second kappa shape index (κ2) is 4.88. The first-order valence-electron chi connectivity index (χ1n) is 6.12. The van der Waals surface area contributed by atoms with Gasteiger partial charge < -0.3 is 5.32 Å². The van der Waals surface area contributed by atoms with E-state index >= 15 is 0 Å². The summed E-state index contributed by atoms with van der Waals surface area (Å²) in [6.45, 7) is 6.66. The number of carbonyl (C=O) groups excluding carboxylic acids is 1. The highest BCUT2D eigenvalue weighted by Gasteiger charge is 2.33. The summed E-state index contributed by atoms with van der Waals surface area (Å²) in [4.78, 5) is 13.5. The molecule has 1 heterocycles. The van der Waals surface area contributed by atoms with Crippen molar-refractivity contribution in [1.82, 2.24) is 10.2 Å². The minimum atomic E-state index is -0.0549. The highest BCUT2D eigenvalue weighted by molar-refractivity contribution is 5.73. The zero-order valence-corrected chi connectivity index (χ0v) is 10.6. The maximum Gasteiger partial charge on any atom is 0.217 e. The van der Waals surface area contributed by atoms with Crippen LogP contribution in [0.3, 0.4) is 0 Å². The molecule has 92 valence electrons. The Morgan fingerprint density at radius 1 is 1.41 bits per heavy atom. The number of nitrogens with one attached hydrogen (secondary N) is 1. The molecule has 1 aliphatic rings. The van der Waals surface area contributed by atoms with E-state index in [0.29, 0.717) is 0 Å². The molecule has 0 saturated carbocycles. The molecule has 0 spiro atoms. The Bertz CT molecular complexity index is 390. The first-order chi connectivity index (χ1) is 8.07. The van der Waals surface area contributed by atoms with Crippen molar-refractivity contribution in [2.24, 2.45) is 0 Å². The van der Waals surface area contributed by atoms with E-state index in [4.69, 9.17) is 0 Å². The third kappa shape index (κ3) is 3.30. The molecule has 2 rings (SSSR count). The predicted octanol–water partition coefficient (Wildman–Crippen LogP) is 1.79. The first kappa shape index (κ1) is 12.1. The fourth-order valence-corrected chi connectivity index (χ4v) is 2.56. The molecule has 0 aromatic heterocycles. The molecule has 1 atom stereocenters. The third-order valence-electron chi connectivity index (χ3n) is 3.28. The fraction of sp³-hybridized carbons (Fsp3) is 0.500. The summed E-state index contributed by atoms with van der Waals surface area (Å²) in [6, 6.07) is 10.5. The van der Waals surface area contributed by atoms with Crippen LogP contribution in [-0.2, 0) is 11.3 Å². The van der Waals surface area contributed by atoms with Gasteiger partial charge in [-0.1, -0.05) is 30.3 Å². The SMILES string of the molecule is CC(=O)N[C@]1(C)CCN(Cc2ccccc2)C1. The lowest BCUT2D eigenvalue weighted by molar-refractivity contribution is -0.120. The van der Waals surface area contributed by atoms with Gasteiger partial charge >= 0.3 is 0 Å². The number of hydrogen-bond acceptors (Lipinski definition) is 2. The quantitative estimate of drug-likeness (QED) is 0.861. The largest absolute Gasteiger partial charge is 0.350 e. The van der Waals surface area contributed by atoms with Crippen LogP contribution in [-0.4, -0.2) is 29.4 Å². The molecule has 3 heteroatoms. The summed E-state index contributed by atoms with van der Waals surface area (Å²) in [7, 11) is 0. The summed E-state index contributed by atoms with van der Waals surface area (Å²) < 4.78 is 0. The molecule has 0 bridgehead atoms. The standard InChI is InChI=1S/C14H20N2O/c1-12(17)15-14(2)8-9-16(11-14)10-13-6-4-3-5-7-13/h3-7H,8-11H2,1-2H3,(H,15,17)/t14-/m1/s1. The number of nitrogens with zero attached hydrogens (tertiary/aromatic N) is 1. The van der Waals surface area contributed by atoms with Crippen molar-refractivity contribution < 1.29 is 4.79 Å². The molecular formula is C14H20N2O. The topological polar surface area (TPSA) is 32.3 Å². The molecule has 1 saturated heterocycles. The minimum Gasteiger partial charge on any atom is -0.350 e. The average molecular weight is 232 g/mol. The van der Waals surface area contributed by atoms with Gasteiger partial charge in [0, 0.05) is 26.6 Å². The molecule has 0 unspecified atom stereocenters. The van der Waals surface area contributed by atoms with Gasteiger partial charge in [-0.2, -0.15) is 0 Å². The minimum absolute atomic E-state index is 0.0549. The van der Waals surface area contributed by atoms with Gasteiger partial charge in [-0.15, -0.1) is 0 Å². The van der Waals surface area contributed by atoms with Gasteiger partial charge in [0.1, 0.15) is 0 Å². The van der Waals surface area contributed by atoms with Crippen LogP contribution in [0.15, 0.2) is 30.3 Å². The molecule has 1 aliphatic heterocycles.